The fraction of sp³-hybridized carbons (Fsp3) is 0.917. The van der Waals surface area contributed by atoms with E-state index in [9.17, 15) is 4.79 Å². The van der Waals surface area contributed by atoms with Crippen molar-refractivity contribution in [1.82, 2.24) is 0 Å². The molecule has 3 unspecified atom stereocenters. The standard InChI is InChI=1S/C12H22O3/c1-4-9(8-13)6-12(3)7-10(5-2)11(14)15-12/h9-10,13H,4-8H2,1-3H3. The molecule has 0 radical (unpaired) electrons. The van der Waals surface area contributed by atoms with Crippen molar-refractivity contribution in [3.8, 4) is 0 Å². The molecule has 1 aliphatic heterocycles. The van der Waals surface area contributed by atoms with Crippen LogP contribution in [0.1, 0.15) is 46.5 Å². The van der Waals surface area contributed by atoms with Crippen LogP contribution in [0.4, 0.5) is 0 Å². The number of rotatable bonds is 5. The van der Waals surface area contributed by atoms with Gasteiger partial charge in [-0.3, -0.25) is 4.79 Å². The predicted octanol–water partition coefficient (Wildman–Crippen LogP) is 2.13. The maximum absolute atomic E-state index is 11.5. The summed E-state index contributed by atoms with van der Waals surface area (Å²) in [5, 5.41) is 9.15. The minimum atomic E-state index is -0.346. The van der Waals surface area contributed by atoms with E-state index in [1.165, 1.54) is 0 Å². The molecule has 0 aromatic rings. The second-order valence-corrected chi connectivity index (χ2v) is 4.84. The molecule has 1 heterocycles. The van der Waals surface area contributed by atoms with Crippen molar-refractivity contribution in [1.29, 1.82) is 0 Å². The summed E-state index contributed by atoms with van der Waals surface area (Å²) in [6, 6.07) is 0. The van der Waals surface area contributed by atoms with Gasteiger partial charge in [0.25, 0.3) is 0 Å². The van der Waals surface area contributed by atoms with Gasteiger partial charge in [-0.15, -0.1) is 0 Å². The first-order valence-corrected chi connectivity index (χ1v) is 5.88. The van der Waals surface area contributed by atoms with Crippen molar-refractivity contribution in [3.63, 3.8) is 0 Å². The second kappa shape index (κ2) is 4.97. The Morgan fingerprint density at radius 2 is 2.27 bits per heavy atom. The predicted molar refractivity (Wildman–Crippen MR) is 58.4 cm³/mol. The number of ether oxygens (including phenoxy) is 1. The number of aliphatic hydroxyl groups excluding tert-OH is 1. The number of hydrogen-bond donors (Lipinski definition) is 1. The van der Waals surface area contributed by atoms with Gasteiger partial charge in [-0.25, -0.2) is 0 Å². The zero-order chi connectivity index (χ0) is 11.5. The van der Waals surface area contributed by atoms with Gasteiger partial charge in [0.2, 0.25) is 0 Å². The van der Waals surface area contributed by atoms with Crippen molar-refractivity contribution in [3.05, 3.63) is 0 Å². The Bertz CT molecular complexity index is 223. The van der Waals surface area contributed by atoms with Gasteiger partial charge in [-0.05, 0) is 25.7 Å². The first kappa shape index (κ1) is 12.5. The molecule has 88 valence electrons. The van der Waals surface area contributed by atoms with Crippen molar-refractivity contribution in [2.24, 2.45) is 11.8 Å². The number of carbonyl (C=O) groups excluding carboxylic acids is 1. The highest BCUT2D eigenvalue weighted by molar-refractivity contribution is 5.75. The monoisotopic (exact) mass is 214 g/mol. The number of esters is 1. The topological polar surface area (TPSA) is 46.5 Å². The van der Waals surface area contributed by atoms with E-state index < -0.39 is 0 Å². The molecule has 3 nitrogen and oxygen atoms in total. The molecule has 3 heteroatoms. The SMILES string of the molecule is CCC(CO)CC1(C)CC(CC)C(=O)O1. The van der Waals surface area contributed by atoms with Crippen LogP contribution in [-0.2, 0) is 9.53 Å². The minimum absolute atomic E-state index is 0.0613. The van der Waals surface area contributed by atoms with E-state index in [0.717, 1.165) is 25.7 Å². The first-order chi connectivity index (χ1) is 7.04. The number of carbonyl (C=O) groups is 1. The highest BCUT2D eigenvalue weighted by atomic mass is 16.6. The van der Waals surface area contributed by atoms with Crippen molar-refractivity contribution in [2.75, 3.05) is 6.61 Å². The van der Waals surface area contributed by atoms with Crippen LogP contribution in [-0.4, -0.2) is 23.3 Å². The van der Waals surface area contributed by atoms with Gasteiger partial charge in [-0.2, -0.15) is 0 Å². The lowest BCUT2D eigenvalue weighted by Gasteiger charge is -2.26. The van der Waals surface area contributed by atoms with Crippen LogP contribution in [0.5, 0.6) is 0 Å². The summed E-state index contributed by atoms with van der Waals surface area (Å²) in [6.45, 7) is 6.23. The van der Waals surface area contributed by atoms with Crippen molar-refractivity contribution in [2.45, 2.75) is 52.1 Å². The average Bonchev–Trinajstić information content (AvgIpc) is 2.50. The Labute approximate surface area is 91.8 Å². The molecule has 0 saturated carbocycles. The van der Waals surface area contributed by atoms with Gasteiger partial charge in [0.1, 0.15) is 5.60 Å². The molecule has 0 amide bonds. The third-order valence-electron chi connectivity index (χ3n) is 3.41. The van der Waals surface area contributed by atoms with E-state index in [4.69, 9.17) is 9.84 Å². The van der Waals surface area contributed by atoms with Gasteiger partial charge in [0.05, 0.1) is 5.92 Å². The normalized spacial score (nSPS) is 32.8. The van der Waals surface area contributed by atoms with Gasteiger partial charge >= 0.3 is 5.97 Å². The average molecular weight is 214 g/mol. The highest BCUT2D eigenvalue weighted by Crippen LogP contribution is 2.37. The molecule has 15 heavy (non-hydrogen) atoms. The second-order valence-electron chi connectivity index (χ2n) is 4.84. The van der Waals surface area contributed by atoms with Gasteiger partial charge < -0.3 is 9.84 Å². The molecule has 0 aromatic heterocycles. The molecule has 0 spiro atoms. The fourth-order valence-electron chi connectivity index (χ4n) is 2.36. The number of cyclic esters (lactones) is 1. The third kappa shape index (κ3) is 2.94. The van der Waals surface area contributed by atoms with E-state index in [1.807, 2.05) is 13.8 Å². The number of aliphatic hydroxyl groups is 1. The lowest BCUT2D eigenvalue weighted by atomic mass is 9.85. The largest absolute Gasteiger partial charge is 0.459 e. The summed E-state index contributed by atoms with van der Waals surface area (Å²) in [5.74, 6) is 0.248. The minimum Gasteiger partial charge on any atom is -0.459 e. The first-order valence-electron chi connectivity index (χ1n) is 5.88. The van der Waals surface area contributed by atoms with Crippen LogP contribution in [0.25, 0.3) is 0 Å². The van der Waals surface area contributed by atoms with Crippen LogP contribution in [0.2, 0.25) is 0 Å². The van der Waals surface area contributed by atoms with E-state index in [2.05, 4.69) is 6.92 Å². The van der Waals surface area contributed by atoms with E-state index in [1.54, 1.807) is 0 Å². The van der Waals surface area contributed by atoms with Gasteiger partial charge in [0, 0.05) is 13.0 Å². The molecule has 1 fully saturated rings. The zero-order valence-electron chi connectivity index (χ0n) is 9.95. The van der Waals surface area contributed by atoms with Crippen molar-refractivity contribution >= 4 is 5.97 Å². The molecule has 0 bridgehead atoms. The van der Waals surface area contributed by atoms with Crippen LogP contribution >= 0.6 is 0 Å². The molecule has 1 rings (SSSR count). The quantitative estimate of drug-likeness (QED) is 0.713. The molecule has 1 N–H and O–H groups in total. The molecule has 0 aromatic carbocycles. The molecule has 1 saturated heterocycles. The summed E-state index contributed by atoms with van der Waals surface area (Å²) in [4.78, 5) is 11.5. The van der Waals surface area contributed by atoms with Crippen LogP contribution < -0.4 is 0 Å². The van der Waals surface area contributed by atoms with E-state index in [-0.39, 0.29) is 30.0 Å². The summed E-state index contributed by atoms with van der Waals surface area (Å²) < 4.78 is 5.44. The number of hydrogen-bond acceptors (Lipinski definition) is 3. The van der Waals surface area contributed by atoms with Gasteiger partial charge in [-0.1, -0.05) is 20.3 Å². The zero-order valence-corrected chi connectivity index (χ0v) is 9.95. The molecular weight excluding hydrogens is 192 g/mol. The molecular formula is C12H22O3. The summed E-state index contributed by atoms with van der Waals surface area (Å²) in [6.07, 6.45) is 3.37. The Morgan fingerprint density at radius 3 is 2.67 bits per heavy atom. The van der Waals surface area contributed by atoms with Crippen LogP contribution in [0.3, 0.4) is 0 Å². The molecule has 3 atom stereocenters. The summed E-state index contributed by atoms with van der Waals surface area (Å²) in [5.41, 5.74) is -0.346. The fourth-order valence-corrected chi connectivity index (χ4v) is 2.36. The lowest BCUT2D eigenvalue weighted by Crippen LogP contribution is -2.28. The van der Waals surface area contributed by atoms with Crippen molar-refractivity contribution < 1.29 is 14.6 Å². The van der Waals surface area contributed by atoms with Crippen LogP contribution in [0.15, 0.2) is 0 Å². The Balaban J connectivity index is 2.57. The van der Waals surface area contributed by atoms with Crippen LogP contribution in [0, 0.1) is 11.8 Å². The lowest BCUT2D eigenvalue weighted by molar-refractivity contribution is -0.150. The van der Waals surface area contributed by atoms with E-state index in [0.29, 0.717) is 0 Å². The third-order valence-corrected chi connectivity index (χ3v) is 3.41. The Kier molecular flexibility index (Phi) is 4.14. The smallest absolute Gasteiger partial charge is 0.309 e. The van der Waals surface area contributed by atoms with Gasteiger partial charge in [0.15, 0.2) is 0 Å². The highest BCUT2D eigenvalue weighted by Gasteiger charge is 2.43. The Hall–Kier alpha value is -0.570. The summed E-state index contributed by atoms with van der Waals surface area (Å²) in [7, 11) is 0. The maximum atomic E-state index is 11.5. The Morgan fingerprint density at radius 1 is 1.60 bits per heavy atom. The molecule has 1 aliphatic rings. The maximum Gasteiger partial charge on any atom is 0.309 e. The molecule has 0 aliphatic carbocycles. The summed E-state index contributed by atoms with van der Waals surface area (Å²) >= 11 is 0. The van der Waals surface area contributed by atoms with E-state index >= 15 is 0 Å².